The van der Waals surface area contributed by atoms with Crippen molar-refractivity contribution in [2.24, 2.45) is 0 Å². The van der Waals surface area contributed by atoms with Crippen LogP contribution in [-0.2, 0) is 21.4 Å². The maximum Gasteiger partial charge on any atom is 0.268 e. The zero-order chi connectivity index (χ0) is 15.7. The minimum Gasteiger partial charge on any atom is -0.380 e. The van der Waals surface area contributed by atoms with Crippen molar-refractivity contribution in [1.82, 2.24) is 3.97 Å². The fraction of sp³-hybridized carbons (Fsp3) is 0.176. The Morgan fingerprint density at radius 2 is 1.73 bits per heavy atom. The van der Waals surface area contributed by atoms with Gasteiger partial charge < -0.3 is 4.74 Å². The number of para-hydroxylation sites is 1. The van der Waals surface area contributed by atoms with Crippen LogP contribution in [0, 0.1) is 6.92 Å². The highest BCUT2D eigenvalue weighted by Crippen LogP contribution is 2.26. The molecule has 0 aliphatic heterocycles. The quantitative estimate of drug-likeness (QED) is 0.742. The molecule has 1 heterocycles. The molecule has 0 saturated heterocycles. The van der Waals surface area contributed by atoms with Gasteiger partial charge in [-0.2, -0.15) is 0 Å². The lowest BCUT2D eigenvalue weighted by Gasteiger charge is -2.07. The minimum atomic E-state index is -3.62. The summed E-state index contributed by atoms with van der Waals surface area (Å²) < 4.78 is 32.3. The second kappa shape index (κ2) is 5.59. The third-order valence-corrected chi connectivity index (χ3v) is 5.33. The van der Waals surface area contributed by atoms with Crippen molar-refractivity contribution < 1.29 is 13.2 Å². The first kappa shape index (κ1) is 14.8. The number of rotatable bonds is 4. The fourth-order valence-corrected chi connectivity index (χ4v) is 3.90. The Balaban J connectivity index is 2.23. The lowest BCUT2D eigenvalue weighted by atomic mass is 10.2. The summed E-state index contributed by atoms with van der Waals surface area (Å²) in [4.78, 5) is 0.280. The number of aromatic nitrogens is 1. The van der Waals surface area contributed by atoms with Gasteiger partial charge in [0.15, 0.2) is 0 Å². The summed E-state index contributed by atoms with van der Waals surface area (Å²) in [5.41, 5.74) is 2.54. The molecule has 1 aromatic heterocycles. The van der Waals surface area contributed by atoms with Crippen molar-refractivity contribution in [2.75, 3.05) is 7.11 Å². The number of hydrogen-bond donors (Lipinski definition) is 0. The zero-order valence-corrected chi connectivity index (χ0v) is 13.3. The maximum atomic E-state index is 12.9. The van der Waals surface area contributed by atoms with E-state index in [2.05, 4.69) is 0 Å². The van der Waals surface area contributed by atoms with Crippen LogP contribution in [0.4, 0.5) is 0 Å². The van der Waals surface area contributed by atoms with Gasteiger partial charge in [-0.15, -0.1) is 0 Å². The van der Waals surface area contributed by atoms with E-state index in [1.54, 1.807) is 43.6 Å². The second-order valence-electron chi connectivity index (χ2n) is 5.22. The summed E-state index contributed by atoms with van der Waals surface area (Å²) >= 11 is 0. The van der Waals surface area contributed by atoms with E-state index in [9.17, 15) is 8.42 Å². The van der Waals surface area contributed by atoms with Crippen LogP contribution < -0.4 is 0 Å². The van der Waals surface area contributed by atoms with Gasteiger partial charge in [-0.05, 0) is 25.1 Å². The number of benzene rings is 2. The van der Waals surface area contributed by atoms with Gasteiger partial charge in [-0.3, -0.25) is 0 Å². The summed E-state index contributed by atoms with van der Waals surface area (Å²) in [7, 11) is -2.02. The molecule has 0 amide bonds. The van der Waals surface area contributed by atoms with Crippen LogP contribution >= 0.6 is 0 Å². The second-order valence-corrected chi connectivity index (χ2v) is 7.03. The third kappa shape index (κ3) is 2.42. The van der Waals surface area contributed by atoms with Gasteiger partial charge in [0.05, 0.1) is 17.0 Å². The smallest absolute Gasteiger partial charge is 0.268 e. The van der Waals surface area contributed by atoms with Crippen LogP contribution in [0.1, 0.15) is 11.1 Å². The molecule has 0 saturated carbocycles. The standard InChI is InChI=1S/C17H17NO3S/c1-13-7-9-15(10-8-13)22(19,20)18-11-14(12-21-2)16-5-3-4-6-17(16)18/h3-11H,12H2,1-2H3. The van der Waals surface area contributed by atoms with E-state index in [-0.39, 0.29) is 4.90 Å². The molecule has 0 atom stereocenters. The number of hydrogen-bond acceptors (Lipinski definition) is 3. The van der Waals surface area contributed by atoms with Crippen molar-refractivity contribution in [3.63, 3.8) is 0 Å². The van der Waals surface area contributed by atoms with E-state index < -0.39 is 10.0 Å². The third-order valence-electron chi connectivity index (χ3n) is 3.64. The monoisotopic (exact) mass is 315 g/mol. The Hall–Kier alpha value is -2.11. The van der Waals surface area contributed by atoms with Crippen LogP contribution in [0.5, 0.6) is 0 Å². The first-order chi connectivity index (χ1) is 10.5. The molecule has 4 nitrogen and oxygen atoms in total. The maximum absolute atomic E-state index is 12.9. The summed E-state index contributed by atoms with van der Waals surface area (Å²) in [6, 6.07) is 14.3. The molecule has 0 bridgehead atoms. The molecule has 5 heteroatoms. The van der Waals surface area contributed by atoms with Gasteiger partial charge in [0.1, 0.15) is 0 Å². The van der Waals surface area contributed by atoms with Crippen molar-refractivity contribution >= 4 is 20.9 Å². The van der Waals surface area contributed by atoms with E-state index in [0.717, 1.165) is 16.5 Å². The number of ether oxygens (including phenoxy) is 1. The van der Waals surface area contributed by atoms with Crippen LogP contribution in [0.3, 0.4) is 0 Å². The summed E-state index contributed by atoms with van der Waals surface area (Å²) in [6.07, 6.45) is 1.64. The highest BCUT2D eigenvalue weighted by Gasteiger charge is 2.20. The first-order valence-electron chi connectivity index (χ1n) is 6.94. The molecular formula is C17H17NO3S. The van der Waals surface area contributed by atoms with Gasteiger partial charge in [-0.1, -0.05) is 35.9 Å². The highest BCUT2D eigenvalue weighted by atomic mass is 32.2. The largest absolute Gasteiger partial charge is 0.380 e. The Kier molecular flexibility index (Phi) is 3.76. The molecule has 22 heavy (non-hydrogen) atoms. The van der Waals surface area contributed by atoms with Gasteiger partial charge in [-0.25, -0.2) is 12.4 Å². The van der Waals surface area contributed by atoms with Crippen LogP contribution in [0.25, 0.3) is 10.9 Å². The van der Waals surface area contributed by atoms with E-state index in [1.807, 2.05) is 25.1 Å². The van der Waals surface area contributed by atoms with Crippen molar-refractivity contribution in [3.05, 3.63) is 65.9 Å². The van der Waals surface area contributed by atoms with E-state index >= 15 is 0 Å². The minimum absolute atomic E-state index is 0.280. The summed E-state index contributed by atoms with van der Waals surface area (Å²) in [5, 5.41) is 0.889. The molecule has 0 unspecified atom stereocenters. The molecular weight excluding hydrogens is 298 g/mol. The first-order valence-corrected chi connectivity index (χ1v) is 8.38. The molecule has 114 valence electrons. The Morgan fingerprint density at radius 3 is 2.41 bits per heavy atom. The predicted octanol–water partition coefficient (Wildman–Crippen LogP) is 3.33. The van der Waals surface area contributed by atoms with E-state index in [4.69, 9.17) is 4.74 Å². The van der Waals surface area contributed by atoms with Crippen LogP contribution in [0.15, 0.2) is 59.6 Å². The Bertz CT molecular complexity index is 909. The Labute approximate surface area is 130 Å². The molecule has 0 radical (unpaired) electrons. The number of aryl methyl sites for hydroxylation is 1. The normalized spacial score (nSPS) is 11.9. The average molecular weight is 315 g/mol. The van der Waals surface area contributed by atoms with Gasteiger partial charge in [0, 0.05) is 24.3 Å². The zero-order valence-electron chi connectivity index (χ0n) is 12.5. The number of nitrogens with zero attached hydrogens (tertiary/aromatic N) is 1. The van der Waals surface area contributed by atoms with Crippen LogP contribution in [0.2, 0.25) is 0 Å². The molecule has 0 N–H and O–H groups in total. The number of fused-ring (bicyclic) bond motifs is 1. The van der Waals surface area contributed by atoms with Crippen molar-refractivity contribution in [1.29, 1.82) is 0 Å². The Morgan fingerprint density at radius 1 is 1.05 bits per heavy atom. The van der Waals surface area contributed by atoms with Crippen molar-refractivity contribution in [2.45, 2.75) is 18.4 Å². The predicted molar refractivity (Wildman–Crippen MR) is 86.4 cm³/mol. The number of methoxy groups -OCH3 is 1. The van der Waals surface area contributed by atoms with Crippen LogP contribution in [-0.4, -0.2) is 19.5 Å². The lowest BCUT2D eigenvalue weighted by molar-refractivity contribution is 0.186. The summed E-state index contributed by atoms with van der Waals surface area (Å²) in [5.74, 6) is 0. The average Bonchev–Trinajstić information content (AvgIpc) is 2.88. The van der Waals surface area contributed by atoms with E-state index in [1.165, 1.54) is 3.97 Å². The highest BCUT2D eigenvalue weighted by molar-refractivity contribution is 7.90. The molecule has 3 rings (SSSR count). The molecule has 0 fully saturated rings. The molecule has 2 aromatic carbocycles. The van der Waals surface area contributed by atoms with E-state index in [0.29, 0.717) is 12.1 Å². The lowest BCUT2D eigenvalue weighted by Crippen LogP contribution is -2.11. The summed E-state index contributed by atoms with van der Waals surface area (Å²) in [6.45, 7) is 2.30. The van der Waals surface area contributed by atoms with Crippen molar-refractivity contribution in [3.8, 4) is 0 Å². The van der Waals surface area contributed by atoms with Gasteiger partial charge in [0.25, 0.3) is 10.0 Å². The molecule has 0 aliphatic carbocycles. The topological polar surface area (TPSA) is 48.3 Å². The molecule has 0 spiro atoms. The van der Waals surface area contributed by atoms with Gasteiger partial charge >= 0.3 is 0 Å². The van der Waals surface area contributed by atoms with Gasteiger partial charge in [0.2, 0.25) is 0 Å². The SMILES string of the molecule is COCc1cn(S(=O)(=O)c2ccc(C)cc2)c2ccccc12. The molecule has 3 aromatic rings. The fourth-order valence-electron chi connectivity index (χ4n) is 2.51. The molecule has 0 aliphatic rings.